The number of anilines is 1. The summed E-state index contributed by atoms with van der Waals surface area (Å²) in [5.74, 6) is -7.53. The lowest BCUT2D eigenvalue weighted by atomic mass is 9.85. The van der Waals surface area contributed by atoms with E-state index in [4.69, 9.17) is 5.73 Å². The molecule has 0 aliphatic heterocycles. The summed E-state index contributed by atoms with van der Waals surface area (Å²) in [6, 6.07) is -0.0601. The van der Waals surface area contributed by atoms with Crippen molar-refractivity contribution in [2.45, 2.75) is 31.7 Å². The van der Waals surface area contributed by atoms with Gasteiger partial charge in [-0.1, -0.05) is 6.42 Å². The molecule has 20 heavy (non-hydrogen) atoms. The van der Waals surface area contributed by atoms with Gasteiger partial charge in [-0.2, -0.15) is 0 Å². The van der Waals surface area contributed by atoms with E-state index < -0.39 is 40.8 Å². The first-order valence-corrected chi connectivity index (χ1v) is 6.29. The van der Waals surface area contributed by atoms with Crippen LogP contribution in [0.15, 0.2) is 6.07 Å². The SMILES string of the molecule is NC1CCCC(C(=O)Nc2c(F)c(F)cc(F)c2F)C1. The lowest BCUT2D eigenvalue weighted by molar-refractivity contribution is -0.120. The van der Waals surface area contributed by atoms with E-state index in [2.05, 4.69) is 0 Å². The van der Waals surface area contributed by atoms with Crippen molar-refractivity contribution < 1.29 is 22.4 Å². The van der Waals surface area contributed by atoms with E-state index in [-0.39, 0.29) is 12.1 Å². The Labute approximate surface area is 113 Å². The van der Waals surface area contributed by atoms with Gasteiger partial charge in [-0.25, -0.2) is 17.6 Å². The Morgan fingerprint density at radius 1 is 1.15 bits per heavy atom. The van der Waals surface area contributed by atoms with Gasteiger partial charge in [0.2, 0.25) is 5.91 Å². The van der Waals surface area contributed by atoms with Crippen molar-refractivity contribution >= 4 is 11.6 Å². The third-order valence-corrected chi connectivity index (χ3v) is 3.45. The zero-order valence-corrected chi connectivity index (χ0v) is 10.6. The van der Waals surface area contributed by atoms with Gasteiger partial charge in [-0.15, -0.1) is 0 Å². The largest absolute Gasteiger partial charge is 0.328 e. The van der Waals surface area contributed by atoms with Crippen molar-refractivity contribution in [3.8, 4) is 0 Å². The molecule has 3 N–H and O–H groups in total. The Bertz CT molecular complexity index is 509. The highest BCUT2D eigenvalue weighted by atomic mass is 19.2. The predicted octanol–water partition coefficient (Wildman–Crippen LogP) is 2.70. The Balaban J connectivity index is 2.19. The van der Waals surface area contributed by atoms with E-state index in [9.17, 15) is 22.4 Å². The van der Waals surface area contributed by atoms with Crippen molar-refractivity contribution in [1.82, 2.24) is 0 Å². The Morgan fingerprint density at radius 3 is 2.30 bits per heavy atom. The maximum absolute atomic E-state index is 13.4. The summed E-state index contributed by atoms with van der Waals surface area (Å²) in [5, 5.41) is 1.93. The molecule has 1 aliphatic carbocycles. The van der Waals surface area contributed by atoms with Gasteiger partial charge in [0.15, 0.2) is 23.3 Å². The van der Waals surface area contributed by atoms with Crippen molar-refractivity contribution in [2.75, 3.05) is 5.32 Å². The second-order valence-corrected chi connectivity index (χ2v) is 4.96. The third kappa shape index (κ3) is 2.92. The van der Waals surface area contributed by atoms with Crippen LogP contribution >= 0.6 is 0 Å². The van der Waals surface area contributed by atoms with E-state index in [0.29, 0.717) is 12.8 Å². The van der Waals surface area contributed by atoms with Crippen LogP contribution in [0.25, 0.3) is 0 Å². The van der Waals surface area contributed by atoms with Crippen LogP contribution < -0.4 is 11.1 Å². The number of carbonyl (C=O) groups excluding carboxylic acids is 1. The molecule has 1 saturated carbocycles. The monoisotopic (exact) mass is 290 g/mol. The minimum absolute atomic E-state index is 0.0941. The van der Waals surface area contributed by atoms with Gasteiger partial charge in [0, 0.05) is 18.0 Å². The molecule has 1 aromatic carbocycles. The molecule has 0 saturated heterocycles. The summed E-state index contributed by atoms with van der Waals surface area (Å²) < 4.78 is 52.9. The molecule has 2 rings (SSSR count). The highest BCUT2D eigenvalue weighted by Crippen LogP contribution is 2.28. The molecule has 0 aromatic heterocycles. The van der Waals surface area contributed by atoms with Gasteiger partial charge in [-0.3, -0.25) is 4.79 Å². The van der Waals surface area contributed by atoms with Crippen molar-refractivity contribution in [3.63, 3.8) is 0 Å². The van der Waals surface area contributed by atoms with Crippen LogP contribution in [0, 0.1) is 29.2 Å². The number of halogens is 4. The minimum atomic E-state index is -1.61. The van der Waals surface area contributed by atoms with Crippen LogP contribution in [0.5, 0.6) is 0 Å². The molecule has 110 valence electrons. The van der Waals surface area contributed by atoms with Crippen LogP contribution in [-0.2, 0) is 4.79 Å². The lowest BCUT2D eigenvalue weighted by Gasteiger charge is -2.25. The third-order valence-electron chi connectivity index (χ3n) is 3.45. The van der Waals surface area contributed by atoms with E-state index in [1.54, 1.807) is 0 Å². The summed E-state index contributed by atoms with van der Waals surface area (Å²) in [6.45, 7) is 0. The first kappa shape index (κ1) is 14.8. The topological polar surface area (TPSA) is 55.1 Å². The fourth-order valence-electron chi connectivity index (χ4n) is 2.37. The number of nitrogens with one attached hydrogen (secondary N) is 1. The highest BCUT2D eigenvalue weighted by molar-refractivity contribution is 5.92. The van der Waals surface area contributed by atoms with Gasteiger partial charge in [0.05, 0.1) is 0 Å². The van der Waals surface area contributed by atoms with Crippen LogP contribution in [0.4, 0.5) is 23.2 Å². The number of amides is 1. The Kier molecular flexibility index (Phi) is 4.27. The maximum atomic E-state index is 13.4. The zero-order valence-electron chi connectivity index (χ0n) is 10.6. The second kappa shape index (κ2) is 5.78. The normalized spacial score (nSPS) is 22.6. The fraction of sp³-hybridized carbons (Fsp3) is 0.462. The van der Waals surface area contributed by atoms with Gasteiger partial charge < -0.3 is 11.1 Å². The zero-order chi connectivity index (χ0) is 14.9. The number of hydrogen-bond acceptors (Lipinski definition) is 2. The number of hydrogen-bond donors (Lipinski definition) is 2. The fourth-order valence-corrected chi connectivity index (χ4v) is 2.37. The predicted molar refractivity (Wildman–Crippen MR) is 64.8 cm³/mol. The van der Waals surface area contributed by atoms with Crippen LogP contribution in [-0.4, -0.2) is 11.9 Å². The molecule has 1 amide bonds. The second-order valence-electron chi connectivity index (χ2n) is 4.96. The molecule has 0 radical (unpaired) electrons. The van der Waals surface area contributed by atoms with Gasteiger partial charge in [0.1, 0.15) is 5.69 Å². The lowest BCUT2D eigenvalue weighted by Crippen LogP contribution is -2.34. The van der Waals surface area contributed by atoms with Crippen LogP contribution in [0.2, 0.25) is 0 Å². The molecular formula is C13H14F4N2O. The molecule has 1 aliphatic rings. The van der Waals surface area contributed by atoms with E-state index in [1.165, 1.54) is 0 Å². The quantitative estimate of drug-likeness (QED) is 0.650. The summed E-state index contributed by atoms with van der Waals surface area (Å²) in [7, 11) is 0. The average Bonchev–Trinajstić information content (AvgIpc) is 2.41. The molecule has 3 nitrogen and oxygen atoms in total. The van der Waals surface area contributed by atoms with Crippen LogP contribution in [0.3, 0.4) is 0 Å². The summed E-state index contributed by atoms with van der Waals surface area (Å²) in [6.07, 6.45) is 2.41. The molecule has 2 atom stereocenters. The number of carbonyl (C=O) groups is 1. The first-order valence-electron chi connectivity index (χ1n) is 6.29. The molecule has 0 heterocycles. The van der Waals surface area contributed by atoms with E-state index in [1.807, 2.05) is 5.32 Å². The minimum Gasteiger partial charge on any atom is -0.328 e. The Morgan fingerprint density at radius 2 is 1.75 bits per heavy atom. The molecule has 0 bridgehead atoms. The molecule has 2 unspecified atom stereocenters. The number of rotatable bonds is 2. The molecule has 1 fully saturated rings. The van der Waals surface area contributed by atoms with Crippen LogP contribution in [0.1, 0.15) is 25.7 Å². The standard InChI is InChI=1S/C13H14F4N2O/c14-8-5-9(15)11(17)12(10(8)16)19-13(20)6-2-1-3-7(18)4-6/h5-7H,1-4,18H2,(H,19,20). The highest BCUT2D eigenvalue weighted by Gasteiger charge is 2.28. The average molecular weight is 290 g/mol. The molecule has 1 aromatic rings. The van der Waals surface area contributed by atoms with Gasteiger partial charge in [0.25, 0.3) is 0 Å². The van der Waals surface area contributed by atoms with E-state index >= 15 is 0 Å². The molecule has 0 spiro atoms. The summed E-state index contributed by atoms with van der Waals surface area (Å²) in [5.41, 5.74) is 4.63. The summed E-state index contributed by atoms with van der Waals surface area (Å²) in [4.78, 5) is 11.9. The number of benzene rings is 1. The van der Waals surface area contributed by atoms with Gasteiger partial charge >= 0.3 is 0 Å². The number of nitrogens with two attached hydrogens (primary N) is 1. The van der Waals surface area contributed by atoms with Crippen molar-refractivity contribution in [1.29, 1.82) is 0 Å². The Hall–Kier alpha value is -1.63. The maximum Gasteiger partial charge on any atom is 0.227 e. The first-order chi connectivity index (χ1) is 9.40. The van der Waals surface area contributed by atoms with Crippen molar-refractivity contribution in [2.24, 2.45) is 11.7 Å². The molecule has 7 heteroatoms. The smallest absolute Gasteiger partial charge is 0.227 e. The van der Waals surface area contributed by atoms with E-state index in [0.717, 1.165) is 12.8 Å². The van der Waals surface area contributed by atoms with Crippen molar-refractivity contribution in [3.05, 3.63) is 29.3 Å². The molecular weight excluding hydrogens is 276 g/mol. The van der Waals surface area contributed by atoms with Gasteiger partial charge in [-0.05, 0) is 19.3 Å². The summed E-state index contributed by atoms with van der Waals surface area (Å²) >= 11 is 0.